The minimum Gasteiger partial charge on any atom is -0.481 e. The Morgan fingerprint density at radius 2 is 2.08 bits per heavy atom. The van der Waals surface area contributed by atoms with Crippen LogP contribution in [0.3, 0.4) is 0 Å². The van der Waals surface area contributed by atoms with Crippen LogP contribution in [0.5, 0.6) is 0 Å². The van der Waals surface area contributed by atoms with Gasteiger partial charge in [-0.15, -0.1) is 0 Å². The molecule has 1 aliphatic heterocycles. The van der Waals surface area contributed by atoms with E-state index in [0.717, 1.165) is 18.4 Å². The van der Waals surface area contributed by atoms with Gasteiger partial charge in [-0.25, -0.2) is 0 Å². The van der Waals surface area contributed by atoms with Crippen molar-refractivity contribution in [1.29, 1.82) is 0 Å². The van der Waals surface area contributed by atoms with E-state index in [0.29, 0.717) is 23.7 Å². The first kappa shape index (κ1) is 16.1. The highest BCUT2D eigenvalue weighted by molar-refractivity contribution is 6.30. The van der Waals surface area contributed by atoms with Gasteiger partial charge in [-0.1, -0.05) is 23.2 Å². The highest BCUT2D eigenvalue weighted by Gasteiger charge is 2.56. The second-order valence-corrected chi connectivity index (χ2v) is 7.26. The molecule has 25 heavy (non-hydrogen) atoms. The molecular weight excluding hydrogens is 344 g/mol. The Morgan fingerprint density at radius 3 is 2.76 bits per heavy atom. The molecule has 4 rings (SSSR count). The molecule has 6 nitrogen and oxygen atoms in total. The van der Waals surface area contributed by atoms with E-state index >= 15 is 0 Å². The number of amides is 1. The third kappa shape index (κ3) is 2.61. The van der Waals surface area contributed by atoms with Crippen molar-refractivity contribution in [3.05, 3.63) is 41.0 Å². The number of rotatable bonds is 3. The third-order valence-corrected chi connectivity index (χ3v) is 5.69. The van der Waals surface area contributed by atoms with Crippen LogP contribution in [-0.4, -0.2) is 40.1 Å². The summed E-state index contributed by atoms with van der Waals surface area (Å²) in [6.45, 7) is 0.712. The number of carboxylic acids is 1. The molecule has 1 amide bonds. The van der Waals surface area contributed by atoms with E-state index in [1.54, 1.807) is 35.2 Å². The van der Waals surface area contributed by atoms with Crippen LogP contribution in [0.25, 0.3) is 11.3 Å². The number of fused-ring (bicyclic) bond motifs is 1. The summed E-state index contributed by atoms with van der Waals surface area (Å²) in [5, 5.41) is 14.1. The Kier molecular flexibility index (Phi) is 3.80. The number of halogens is 1. The molecule has 2 fully saturated rings. The molecule has 1 aromatic heterocycles. The monoisotopic (exact) mass is 360 g/mol. The van der Waals surface area contributed by atoms with Crippen LogP contribution in [0.15, 0.2) is 34.9 Å². The summed E-state index contributed by atoms with van der Waals surface area (Å²) in [6.07, 6.45) is 2.39. The smallest absolute Gasteiger partial charge is 0.311 e. The maximum atomic E-state index is 12.7. The molecule has 1 aliphatic carbocycles. The van der Waals surface area contributed by atoms with Gasteiger partial charge in [0.2, 0.25) is 0 Å². The van der Waals surface area contributed by atoms with E-state index in [1.165, 1.54) is 0 Å². The number of nitrogens with zero attached hydrogens (tertiary/aromatic N) is 2. The molecule has 1 saturated carbocycles. The number of carbonyl (C=O) groups excluding carboxylic acids is 1. The second-order valence-electron chi connectivity index (χ2n) is 6.82. The van der Waals surface area contributed by atoms with Gasteiger partial charge in [0.25, 0.3) is 5.91 Å². The predicted octanol–water partition coefficient (Wildman–Crippen LogP) is 3.32. The Morgan fingerprint density at radius 1 is 1.32 bits per heavy atom. The Bertz CT molecular complexity index is 832. The highest BCUT2D eigenvalue weighted by Crippen LogP contribution is 2.49. The SMILES string of the molecule is O=C(c1cc(-c2ccc(Cl)cc2)on1)N1C[C@@H]2CCC[C@@]2(C(=O)O)C1. The first-order valence-corrected chi connectivity index (χ1v) is 8.63. The number of benzene rings is 1. The van der Waals surface area contributed by atoms with E-state index in [1.807, 2.05) is 0 Å². The van der Waals surface area contributed by atoms with Crippen molar-refractivity contribution >= 4 is 23.5 Å². The maximum Gasteiger partial charge on any atom is 0.311 e. The lowest BCUT2D eigenvalue weighted by Gasteiger charge is -2.22. The molecule has 7 heteroatoms. The molecule has 2 aliphatic rings. The normalized spacial score (nSPS) is 25.2. The fourth-order valence-corrected chi connectivity index (χ4v) is 4.21. The molecule has 2 atom stereocenters. The molecule has 1 saturated heterocycles. The molecule has 130 valence electrons. The summed E-state index contributed by atoms with van der Waals surface area (Å²) in [5.74, 6) is -0.574. The van der Waals surface area contributed by atoms with Gasteiger partial charge >= 0.3 is 5.97 Å². The fraction of sp³-hybridized carbons (Fsp3) is 0.389. The number of hydrogen-bond acceptors (Lipinski definition) is 4. The maximum absolute atomic E-state index is 12.7. The Hall–Kier alpha value is -2.34. The molecule has 1 aromatic carbocycles. The summed E-state index contributed by atoms with van der Waals surface area (Å²) in [4.78, 5) is 26.1. The Labute approximate surface area is 149 Å². The van der Waals surface area contributed by atoms with Crippen LogP contribution >= 0.6 is 11.6 Å². The average molecular weight is 361 g/mol. The van der Waals surface area contributed by atoms with Gasteiger partial charge in [-0.05, 0) is 43.0 Å². The summed E-state index contributed by atoms with van der Waals surface area (Å²) in [5.41, 5.74) is 0.181. The molecule has 2 heterocycles. The van der Waals surface area contributed by atoms with Crippen LogP contribution in [0.4, 0.5) is 0 Å². The van der Waals surface area contributed by atoms with Crippen molar-refractivity contribution < 1.29 is 19.2 Å². The molecular formula is C18H17ClN2O4. The highest BCUT2D eigenvalue weighted by atomic mass is 35.5. The summed E-state index contributed by atoms with van der Waals surface area (Å²) in [7, 11) is 0. The summed E-state index contributed by atoms with van der Waals surface area (Å²) in [6, 6.07) is 8.64. The molecule has 2 aromatic rings. The van der Waals surface area contributed by atoms with Gasteiger partial charge in [0.1, 0.15) is 0 Å². The standard InChI is InChI=1S/C18H17ClN2O4/c19-13-5-3-11(4-6-13)15-8-14(20-25-15)16(22)21-9-12-2-1-7-18(12,10-21)17(23)24/h3-6,8,12H,1-2,7,9-10H2,(H,23,24)/t12-,18+/m0/s1. The zero-order chi connectivity index (χ0) is 17.6. The van der Waals surface area contributed by atoms with Gasteiger partial charge < -0.3 is 14.5 Å². The van der Waals surface area contributed by atoms with Gasteiger partial charge in [-0.2, -0.15) is 0 Å². The second kappa shape index (κ2) is 5.88. The van der Waals surface area contributed by atoms with Gasteiger partial charge in [-0.3, -0.25) is 9.59 Å². The van der Waals surface area contributed by atoms with Gasteiger partial charge in [0.15, 0.2) is 11.5 Å². The molecule has 0 radical (unpaired) electrons. The fourth-order valence-electron chi connectivity index (χ4n) is 4.08. The number of hydrogen-bond donors (Lipinski definition) is 1. The Balaban J connectivity index is 1.55. The van der Waals surface area contributed by atoms with Crippen molar-refractivity contribution in [2.24, 2.45) is 11.3 Å². The quantitative estimate of drug-likeness (QED) is 0.907. The van der Waals surface area contributed by atoms with Crippen molar-refractivity contribution in [2.45, 2.75) is 19.3 Å². The van der Waals surface area contributed by atoms with Crippen molar-refractivity contribution in [2.75, 3.05) is 13.1 Å². The lowest BCUT2D eigenvalue weighted by Crippen LogP contribution is -2.37. The van der Waals surface area contributed by atoms with Gasteiger partial charge in [0.05, 0.1) is 5.41 Å². The minimum absolute atomic E-state index is 0.0246. The van der Waals surface area contributed by atoms with Crippen LogP contribution in [0.1, 0.15) is 29.8 Å². The first-order chi connectivity index (χ1) is 12.0. The lowest BCUT2D eigenvalue weighted by molar-refractivity contribution is -0.149. The molecule has 0 spiro atoms. The van der Waals surface area contributed by atoms with Crippen molar-refractivity contribution in [3.63, 3.8) is 0 Å². The van der Waals surface area contributed by atoms with Crippen LogP contribution in [-0.2, 0) is 4.79 Å². The van der Waals surface area contributed by atoms with E-state index in [-0.39, 0.29) is 24.1 Å². The topological polar surface area (TPSA) is 83.6 Å². The summed E-state index contributed by atoms with van der Waals surface area (Å²) >= 11 is 5.87. The number of likely N-dealkylation sites (tertiary alicyclic amines) is 1. The van der Waals surface area contributed by atoms with Crippen LogP contribution in [0, 0.1) is 11.3 Å². The van der Waals surface area contributed by atoms with E-state index in [9.17, 15) is 14.7 Å². The molecule has 1 N–H and O–H groups in total. The van der Waals surface area contributed by atoms with E-state index in [4.69, 9.17) is 16.1 Å². The average Bonchev–Trinajstić information content (AvgIpc) is 3.29. The van der Waals surface area contributed by atoms with E-state index < -0.39 is 11.4 Å². The van der Waals surface area contributed by atoms with Crippen LogP contribution in [0.2, 0.25) is 5.02 Å². The number of carboxylic acid groups (broad SMARTS) is 1. The first-order valence-electron chi connectivity index (χ1n) is 8.25. The van der Waals surface area contributed by atoms with E-state index in [2.05, 4.69) is 5.16 Å². The lowest BCUT2D eigenvalue weighted by atomic mass is 9.81. The minimum atomic E-state index is -0.799. The third-order valence-electron chi connectivity index (χ3n) is 5.44. The number of aromatic nitrogens is 1. The number of aliphatic carboxylic acids is 1. The van der Waals surface area contributed by atoms with Crippen molar-refractivity contribution in [1.82, 2.24) is 10.1 Å². The molecule has 0 bridgehead atoms. The zero-order valence-corrected chi connectivity index (χ0v) is 14.2. The predicted molar refractivity (Wildman–Crippen MR) is 90.3 cm³/mol. The summed E-state index contributed by atoms with van der Waals surface area (Å²) < 4.78 is 5.28. The van der Waals surface area contributed by atoms with Crippen LogP contribution < -0.4 is 0 Å². The molecule has 0 unspecified atom stereocenters. The number of carbonyl (C=O) groups is 2. The van der Waals surface area contributed by atoms with Gasteiger partial charge in [0, 0.05) is 29.7 Å². The van der Waals surface area contributed by atoms with Crippen molar-refractivity contribution in [3.8, 4) is 11.3 Å². The largest absolute Gasteiger partial charge is 0.481 e. The zero-order valence-electron chi connectivity index (χ0n) is 13.4.